The first-order valence-electron chi connectivity index (χ1n) is 7.08. The molecule has 0 atom stereocenters. The lowest BCUT2D eigenvalue weighted by Crippen LogP contribution is -2.12. The zero-order valence-corrected chi connectivity index (χ0v) is 12.4. The average Bonchev–Trinajstić information content (AvgIpc) is 3.03. The topological polar surface area (TPSA) is 58.7 Å². The Kier molecular flexibility index (Phi) is 4.17. The summed E-state index contributed by atoms with van der Waals surface area (Å²) in [6, 6.07) is 11.8. The van der Waals surface area contributed by atoms with Gasteiger partial charge in [0.05, 0.1) is 23.4 Å². The lowest BCUT2D eigenvalue weighted by atomic mass is 10.1. The Bertz CT molecular complexity index is 940. The minimum atomic E-state index is -0.889. The predicted octanol–water partition coefficient (Wildman–Crippen LogP) is 3.58. The molecule has 0 radical (unpaired) electrons. The molecule has 6 heteroatoms. The van der Waals surface area contributed by atoms with Gasteiger partial charge in [-0.2, -0.15) is 10.4 Å². The second-order valence-corrected chi connectivity index (χ2v) is 5.16. The lowest BCUT2D eigenvalue weighted by molar-refractivity contribution is 0.0963. The molecule has 0 saturated carbocycles. The standard InChI is InChI=1S/C18H11F2N3O/c19-15-5-6-16(17(20)7-15)18(24)11-23-10-14(9-22-23)13-3-1-12(8-21)2-4-13/h1-7,9-10H,11H2. The van der Waals surface area contributed by atoms with E-state index in [1.165, 1.54) is 4.68 Å². The van der Waals surface area contributed by atoms with Crippen LogP contribution in [0, 0.1) is 23.0 Å². The minimum absolute atomic E-state index is 0.154. The van der Waals surface area contributed by atoms with Crippen LogP contribution in [0.25, 0.3) is 11.1 Å². The molecule has 0 bridgehead atoms. The van der Waals surface area contributed by atoms with Crippen LogP contribution >= 0.6 is 0 Å². The maximum atomic E-state index is 13.6. The van der Waals surface area contributed by atoms with Gasteiger partial charge < -0.3 is 0 Å². The van der Waals surface area contributed by atoms with Gasteiger partial charge >= 0.3 is 0 Å². The van der Waals surface area contributed by atoms with Crippen molar-refractivity contribution < 1.29 is 13.6 Å². The van der Waals surface area contributed by atoms with Crippen LogP contribution in [0.2, 0.25) is 0 Å². The quantitative estimate of drug-likeness (QED) is 0.690. The van der Waals surface area contributed by atoms with E-state index in [4.69, 9.17) is 5.26 Å². The summed E-state index contributed by atoms with van der Waals surface area (Å²) in [6.45, 7) is -0.154. The van der Waals surface area contributed by atoms with Gasteiger partial charge in [-0.3, -0.25) is 9.48 Å². The fraction of sp³-hybridized carbons (Fsp3) is 0.0556. The highest BCUT2D eigenvalue weighted by Gasteiger charge is 2.14. The van der Waals surface area contributed by atoms with Crippen molar-refractivity contribution in [2.45, 2.75) is 6.54 Å². The van der Waals surface area contributed by atoms with Crippen molar-refractivity contribution in [2.75, 3.05) is 0 Å². The van der Waals surface area contributed by atoms with E-state index in [2.05, 4.69) is 5.10 Å². The molecule has 0 amide bonds. The maximum absolute atomic E-state index is 13.6. The summed E-state index contributed by atoms with van der Waals surface area (Å²) >= 11 is 0. The monoisotopic (exact) mass is 323 g/mol. The van der Waals surface area contributed by atoms with Crippen LogP contribution in [-0.4, -0.2) is 15.6 Å². The second kappa shape index (κ2) is 6.42. The largest absolute Gasteiger partial charge is 0.292 e. The molecule has 3 rings (SSSR count). The summed E-state index contributed by atoms with van der Waals surface area (Å²) in [5.41, 5.74) is 1.99. The Hall–Kier alpha value is -3.33. The van der Waals surface area contributed by atoms with Crippen molar-refractivity contribution in [3.05, 3.63) is 77.6 Å². The summed E-state index contributed by atoms with van der Waals surface area (Å²) in [4.78, 5) is 12.1. The first-order chi connectivity index (χ1) is 11.6. The molecule has 4 nitrogen and oxygen atoms in total. The molecular formula is C18H11F2N3O. The van der Waals surface area contributed by atoms with Gasteiger partial charge in [0.1, 0.15) is 18.2 Å². The highest BCUT2D eigenvalue weighted by molar-refractivity contribution is 5.96. The van der Waals surface area contributed by atoms with E-state index >= 15 is 0 Å². The molecular weight excluding hydrogens is 312 g/mol. The maximum Gasteiger partial charge on any atom is 0.187 e. The molecule has 0 aliphatic heterocycles. The summed E-state index contributed by atoms with van der Waals surface area (Å²) < 4.78 is 27.9. The van der Waals surface area contributed by atoms with Crippen LogP contribution in [0.4, 0.5) is 8.78 Å². The number of benzene rings is 2. The summed E-state index contributed by atoms with van der Waals surface area (Å²) in [5.74, 6) is -2.12. The average molecular weight is 323 g/mol. The van der Waals surface area contributed by atoms with Crippen LogP contribution in [0.5, 0.6) is 0 Å². The molecule has 0 N–H and O–H groups in total. The van der Waals surface area contributed by atoms with Crippen molar-refractivity contribution in [1.29, 1.82) is 5.26 Å². The highest BCUT2D eigenvalue weighted by Crippen LogP contribution is 2.19. The molecule has 1 heterocycles. The number of nitrogens with zero attached hydrogens (tertiary/aromatic N) is 3. The van der Waals surface area contributed by atoms with Gasteiger partial charge in [-0.15, -0.1) is 0 Å². The summed E-state index contributed by atoms with van der Waals surface area (Å²) in [6.07, 6.45) is 3.23. The molecule has 0 aliphatic carbocycles. The Morgan fingerprint density at radius 2 is 1.88 bits per heavy atom. The number of ketones is 1. The van der Waals surface area contributed by atoms with E-state index in [0.717, 1.165) is 23.3 Å². The molecule has 0 spiro atoms. The first kappa shape index (κ1) is 15.6. The third-order valence-electron chi connectivity index (χ3n) is 3.52. The number of carbonyl (C=O) groups is 1. The Morgan fingerprint density at radius 3 is 2.54 bits per heavy atom. The first-order valence-corrected chi connectivity index (χ1v) is 7.08. The number of Topliss-reactive ketones (excluding diaryl/α,β-unsaturated/α-hetero) is 1. The number of halogens is 2. The fourth-order valence-electron chi connectivity index (χ4n) is 2.28. The number of hydrogen-bond donors (Lipinski definition) is 0. The SMILES string of the molecule is N#Cc1ccc(-c2cnn(CC(=O)c3ccc(F)cc3F)c2)cc1. The number of rotatable bonds is 4. The van der Waals surface area contributed by atoms with E-state index in [9.17, 15) is 13.6 Å². The molecule has 1 aromatic heterocycles. The summed E-state index contributed by atoms with van der Waals surface area (Å²) in [7, 11) is 0. The van der Waals surface area contributed by atoms with E-state index in [0.29, 0.717) is 11.6 Å². The molecule has 2 aromatic carbocycles. The van der Waals surface area contributed by atoms with Crippen molar-refractivity contribution in [3.8, 4) is 17.2 Å². The second-order valence-electron chi connectivity index (χ2n) is 5.16. The molecule has 118 valence electrons. The number of carbonyl (C=O) groups excluding carboxylic acids is 1. The normalized spacial score (nSPS) is 10.4. The van der Waals surface area contributed by atoms with E-state index in [1.807, 2.05) is 6.07 Å². The molecule has 0 fully saturated rings. The van der Waals surface area contributed by atoms with Crippen molar-refractivity contribution >= 4 is 5.78 Å². The Morgan fingerprint density at radius 1 is 1.12 bits per heavy atom. The number of aromatic nitrogens is 2. The van der Waals surface area contributed by atoms with Gasteiger partial charge in [-0.05, 0) is 29.8 Å². The highest BCUT2D eigenvalue weighted by atomic mass is 19.1. The van der Waals surface area contributed by atoms with Gasteiger partial charge in [0, 0.05) is 17.8 Å². The number of hydrogen-bond acceptors (Lipinski definition) is 3. The molecule has 0 saturated heterocycles. The molecule has 0 aliphatic rings. The van der Waals surface area contributed by atoms with Crippen molar-refractivity contribution in [3.63, 3.8) is 0 Å². The van der Waals surface area contributed by atoms with E-state index in [1.54, 1.807) is 36.7 Å². The fourth-order valence-corrected chi connectivity index (χ4v) is 2.28. The van der Waals surface area contributed by atoms with Crippen LogP contribution in [0.15, 0.2) is 54.9 Å². The smallest absolute Gasteiger partial charge is 0.187 e. The van der Waals surface area contributed by atoms with Crippen molar-refractivity contribution in [1.82, 2.24) is 9.78 Å². The Balaban J connectivity index is 1.78. The zero-order chi connectivity index (χ0) is 17.1. The third kappa shape index (κ3) is 3.20. The predicted molar refractivity (Wildman–Crippen MR) is 83.1 cm³/mol. The molecule has 3 aromatic rings. The van der Waals surface area contributed by atoms with Gasteiger partial charge in [0.2, 0.25) is 0 Å². The zero-order valence-electron chi connectivity index (χ0n) is 12.4. The van der Waals surface area contributed by atoms with Gasteiger partial charge in [0.15, 0.2) is 5.78 Å². The molecule has 24 heavy (non-hydrogen) atoms. The van der Waals surface area contributed by atoms with Gasteiger partial charge in [0.25, 0.3) is 0 Å². The van der Waals surface area contributed by atoms with Crippen LogP contribution in [0.3, 0.4) is 0 Å². The van der Waals surface area contributed by atoms with Crippen molar-refractivity contribution in [2.24, 2.45) is 0 Å². The van der Waals surface area contributed by atoms with Gasteiger partial charge in [-0.25, -0.2) is 8.78 Å². The van der Waals surface area contributed by atoms with Crippen LogP contribution in [0.1, 0.15) is 15.9 Å². The summed E-state index contributed by atoms with van der Waals surface area (Å²) in [5, 5.41) is 12.9. The minimum Gasteiger partial charge on any atom is -0.292 e. The van der Waals surface area contributed by atoms with Crippen LogP contribution < -0.4 is 0 Å². The lowest BCUT2D eigenvalue weighted by Gasteiger charge is -2.03. The molecule has 0 unspecified atom stereocenters. The number of nitriles is 1. The van der Waals surface area contributed by atoms with E-state index < -0.39 is 17.4 Å². The van der Waals surface area contributed by atoms with Gasteiger partial charge in [-0.1, -0.05) is 12.1 Å². The van der Waals surface area contributed by atoms with E-state index in [-0.39, 0.29) is 12.1 Å². The Labute approximate surface area is 136 Å². The van der Waals surface area contributed by atoms with Crippen LogP contribution in [-0.2, 0) is 6.54 Å². The third-order valence-corrected chi connectivity index (χ3v) is 3.52.